The van der Waals surface area contributed by atoms with Crippen molar-refractivity contribution in [2.24, 2.45) is 0 Å². The topological polar surface area (TPSA) is 321 Å². The monoisotopic (exact) mass is 487 g/mol. The Hall–Kier alpha value is 0.597. The first kappa shape index (κ1) is 38.3. The van der Waals surface area contributed by atoms with E-state index in [1.165, 1.54) is 0 Å². The molecule has 0 amide bonds. The van der Waals surface area contributed by atoms with Crippen LogP contribution < -0.4 is 0 Å². The van der Waals surface area contributed by atoms with Crippen LogP contribution in [0.1, 0.15) is 0 Å². The molecule has 136 valence electrons. The van der Waals surface area contributed by atoms with Gasteiger partial charge in [-0.15, -0.1) is 0 Å². The summed E-state index contributed by atoms with van der Waals surface area (Å²) in [4.78, 5) is 0. The second-order valence-corrected chi connectivity index (χ2v) is 4.90. The van der Waals surface area contributed by atoms with Crippen molar-refractivity contribution in [3.05, 3.63) is 0 Å². The Balaban J connectivity index is -0.0000000376. The minimum atomic E-state index is -5.17. The van der Waals surface area contributed by atoms with Crippen LogP contribution in [0.5, 0.6) is 0 Å². The molecule has 0 atom stereocenters. The summed E-state index contributed by atoms with van der Waals surface area (Å²) in [5.41, 5.74) is 0. The van der Waals surface area contributed by atoms with Crippen LogP contribution in [-0.4, -0.2) is 70.1 Å². The molecule has 0 aliphatic carbocycles. The molecular weight excluding hydrogens is 487 g/mol. The predicted octanol–water partition coefficient (Wildman–Crippen LogP) is -5.36. The fourth-order valence-corrected chi connectivity index (χ4v) is 0. The molecule has 0 aliphatic rings. The van der Waals surface area contributed by atoms with Gasteiger partial charge in [-0.3, -0.25) is 33.7 Å². The third-order valence-corrected chi connectivity index (χ3v) is 0. The van der Waals surface area contributed by atoms with Crippen molar-refractivity contribution in [2.75, 3.05) is 0 Å². The largest absolute Gasteiger partial charge is 3.00 e. The summed E-state index contributed by atoms with van der Waals surface area (Å²) in [6, 6.07) is 0. The minimum absolute atomic E-state index is 0. The fourth-order valence-electron chi connectivity index (χ4n) is 0. The first-order valence-corrected chi connectivity index (χ1v) is 8.00. The van der Waals surface area contributed by atoms with Crippen molar-refractivity contribution >= 4 is 41.6 Å². The van der Waals surface area contributed by atoms with E-state index in [0.717, 1.165) is 0 Å². The fraction of sp³-hybridized carbons (Fsp3) is 0. The Kier molecular flexibility index (Phi) is 26.3. The summed E-state index contributed by atoms with van der Waals surface area (Å²) in [6.07, 6.45) is 0. The summed E-state index contributed by atoms with van der Waals surface area (Å²) in [6.45, 7) is 0. The zero-order valence-electron chi connectivity index (χ0n) is 9.02. The minimum Gasteiger partial charge on any atom is -0.759 e. The van der Waals surface area contributed by atoms with Gasteiger partial charge in [-0.05, 0) is 0 Å². The molecule has 22 heteroatoms. The van der Waals surface area contributed by atoms with Crippen LogP contribution >= 0.6 is 0 Å². The molecule has 0 aromatic carbocycles. The molecule has 0 saturated heterocycles. The van der Waals surface area contributed by atoms with Gasteiger partial charge in [-0.25, -0.2) is 0 Å². The van der Waals surface area contributed by atoms with Crippen LogP contribution in [0.2, 0.25) is 0 Å². The molecule has 0 aromatic rings. The van der Waals surface area contributed by atoms with Crippen molar-refractivity contribution < 1.29 is 106 Å². The maximum Gasteiger partial charge on any atom is 3.00 e. The van der Waals surface area contributed by atoms with Crippen LogP contribution in [0.3, 0.4) is 0 Å². The molecule has 0 heterocycles. The van der Waals surface area contributed by atoms with Gasteiger partial charge in [-0.2, -0.15) is 0 Å². The molecule has 0 fully saturated rings. The molecule has 0 spiro atoms. The smallest absolute Gasteiger partial charge is 0.759 e. The molecule has 16 nitrogen and oxygen atoms in total. The van der Waals surface area contributed by atoms with Crippen molar-refractivity contribution in [1.29, 1.82) is 0 Å². The SMILES string of the molecule is O=S(=O)([O-])[O-].O=S(=O)([O-])[O-].O=S(=O)([O-])[O-].O=S(=O)([O-])[O-].[Cr+3].[V]. The normalized spacial score (nSPS) is 10.5. The van der Waals surface area contributed by atoms with E-state index in [1.54, 1.807) is 0 Å². The zero-order valence-corrected chi connectivity index (χ0v) is 15.0. The molecular formula is CrO16S4V-5. The van der Waals surface area contributed by atoms with Gasteiger partial charge in [0, 0.05) is 60.2 Å². The van der Waals surface area contributed by atoms with E-state index in [9.17, 15) is 0 Å². The summed E-state index contributed by atoms with van der Waals surface area (Å²) in [5, 5.41) is 0. The number of hydrogen-bond acceptors (Lipinski definition) is 16. The van der Waals surface area contributed by atoms with Crippen molar-refractivity contribution in [2.45, 2.75) is 0 Å². The van der Waals surface area contributed by atoms with Crippen molar-refractivity contribution in [1.82, 2.24) is 0 Å². The first-order chi connectivity index (χ1) is 8.00. The quantitative estimate of drug-likeness (QED) is 0.227. The Morgan fingerprint density at radius 3 is 0.364 bits per heavy atom. The van der Waals surface area contributed by atoms with Gasteiger partial charge in [-0.1, -0.05) is 0 Å². The summed E-state index contributed by atoms with van der Waals surface area (Å²) in [7, 11) is -20.7. The Bertz CT molecular complexity index is 479. The van der Waals surface area contributed by atoms with E-state index in [4.69, 9.17) is 70.1 Å². The average Bonchev–Trinajstić information content (AvgIpc) is 1.62. The number of rotatable bonds is 0. The summed E-state index contributed by atoms with van der Waals surface area (Å²) >= 11 is 0. The van der Waals surface area contributed by atoms with E-state index in [-0.39, 0.29) is 35.9 Å². The molecule has 0 N–H and O–H groups in total. The van der Waals surface area contributed by atoms with E-state index in [2.05, 4.69) is 0 Å². The molecule has 0 aliphatic heterocycles. The van der Waals surface area contributed by atoms with E-state index >= 15 is 0 Å². The van der Waals surface area contributed by atoms with Gasteiger partial charge in [0.15, 0.2) is 0 Å². The van der Waals surface area contributed by atoms with Gasteiger partial charge in [0.1, 0.15) is 0 Å². The molecule has 0 bridgehead atoms. The second-order valence-electron chi connectivity index (χ2n) is 1.63. The summed E-state index contributed by atoms with van der Waals surface area (Å²) in [5.74, 6) is 0. The standard InChI is InChI=1S/Cr.4H2O4S.V/c;4*1-5(2,3)4;/h;4*(H2,1,2,3,4);/q+3;;;;;/p-8. The van der Waals surface area contributed by atoms with Gasteiger partial charge >= 0.3 is 17.4 Å². The van der Waals surface area contributed by atoms with Crippen LogP contribution in [0.25, 0.3) is 0 Å². The Labute approximate surface area is 147 Å². The van der Waals surface area contributed by atoms with Gasteiger partial charge in [0.2, 0.25) is 0 Å². The predicted molar refractivity (Wildman–Crippen MR) is 41.9 cm³/mol. The molecule has 2 radical (unpaired) electrons. The van der Waals surface area contributed by atoms with Crippen LogP contribution in [-0.2, 0) is 77.5 Å². The zero-order chi connectivity index (χ0) is 18.0. The second kappa shape index (κ2) is 15.1. The van der Waals surface area contributed by atoms with Crippen molar-refractivity contribution in [3.8, 4) is 0 Å². The molecule has 0 rings (SSSR count). The van der Waals surface area contributed by atoms with E-state index in [0.29, 0.717) is 0 Å². The third kappa shape index (κ3) is 22200. The van der Waals surface area contributed by atoms with Crippen LogP contribution in [0.15, 0.2) is 0 Å². The molecule has 0 unspecified atom stereocenters. The van der Waals surface area contributed by atoms with Crippen LogP contribution in [0, 0.1) is 0 Å². The third-order valence-electron chi connectivity index (χ3n) is 0. The number of hydrogen-bond donors (Lipinski definition) is 0. The van der Waals surface area contributed by atoms with Crippen LogP contribution in [0.4, 0.5) is 0 Å². The molecule has 22 heavy (non-hydrogen) atoms. The maximum atomic E-state index is 8.52. The average molecular weight is 487 g/mol. The van der Waals surface area contributed by atoms with E-state index < -0.39 is 41.6 Å². The van der Waals surface area contributed by atoms with Crippen molar-refractivity contribution in [3.63, 3.8) is 0 Å². The molecule has 0 saturated carbocycles. The van der Waals surface area contributed by atoms with E-state index in [1.807, 2.05) is 0 Å². The van der Waals surface area contributed by atoms with Gasteiger partial charge in [0.25, 0.3) is 0 Å². The van der Waals surface area contributed by atoms with Gasteiger partial charge < -0.3 is 36.4 Å². The Morgan fingerprint density at radius 1 is 0.364 bits per heavy atom. The Morgan fingerprint density at radius 2 is 0.364 bits per heavy atom. The molecule has 0 aromatic heterocycles. The first-order valence-electron chi connectivity index (χ1n) is 2.67. The van der Waals surface area contributed by atoms with Gasteiger partial charge in [0.05, 0.1) is 0 Å². The maximum absolute atomic E-state index is 8.52. The summed E-state index contributed by atoms with van der Waals surface area (Å²) < 4.78 is 136.